The van der Waals surface area contributed by atoms with Crippen molar-refractivity contribution in [3.05, 3.63) is 138 Å². The summed E-state index contributed by atoms with van der Waals surface area (Å²) in [7, 11) is -1.61. The molecule has 3 aromatic carbocycles. The summed E-state index contributed by atoms with van der Waals surface area (Å²) in [4.78, 5) is 8.96. The molecule has 0 aliphatic heterocycles. The van der Waals surface area contributed by atoms with Crippen LogP contribution in [0.4, 0.5) is 0 Å². The minimum atomic E-state index is -2.13. The summed E-state index contributed by atoms with van der Waals surface area (Å²) in [5.41, 5.74) is 6.42. The average Bonchev–Trinajstić information content (AvgIpc) is 3.01. The van der Waals surface area contributed by atoms with Crippen molar-refractivity contribution in [2.45, 2.75) is 59.1 Å². The van der Waals surface area contributed by atoms with Crippen LogP contribution in [-0.2, 0) is 20.1 Å². The number of nitrogens with zero attached hydrogens (tertiary/aromatic N) is 2. The first kappa shape index (κ1) is 25.5. The average molecular weight is 738 g/mol. The van der Waals surface area contributed by atoms with Gasteiger partial charge in [-0.15, -0.1) is 71.3 Å². The Morgan fingerprint density at radius 2 is 1.49 bits per heavy atom. The summed E-state index contributed by atoms with van der Waals surface area (Å²) in [6, 6.07) is 34.5. The third-order valence-electron chi connectivity index (χ3n) is 6.72. The molecule has 1 atom stereocenters. The van der Waals surface area contributed by atoms with Crippen LogP contribution in [0, 0.1) is 19.0 Å². The Bertz CT molecular complexity index is 1710. The van der Waals surface area contributed by atoms with Crippen molar-refractivity contribution in [2.75, 3.05) is 0 Å². The standard InChI is InChI=1S/C19H16N.C18H24NSi.Ir/c1-15(16-8-4-2-5-9-16)18-12-13-20-19(14-18)17-10-6-3-7-11-17;1-13(2)16-11-17(15-9-7-14(3)8-10-15)19-12-18(16)20(4,5)6;/h2-10,12-15H,1H3;7-9,11-13H,1-6H3;/q2*-1;/i15D;3D3,13D;. The number of hydrogen-bond acceptors (Lipinski definition) is 2. The summed E-state index contributed by atoms with van der Waals surface area (Å²) in [6.07, 6.45) is 3.65. The van der Waals surface area contributed by atoms with E-state index in [4.69, 9.17) is 6.85 Å². The number of aryl methyl sites for hydroxylation is 1. The molecule has 5 rings (SSSR count). The van der Waals surface area contributed by atoms with Gasteiger partial charge in [0.15, 0.2) is 0 Å². The van der Waals surface area contributed by atoms with Crippen LogP contribution in [-0.4, -0.2) is 18.0 Å². The van der Waals surface area contributed by atoms with Crippen LogP contribution >= 0.6 is 0 Å². The Kier molecular flexibility index (Phi) is 9.11. The smallest absolute Gasteiger partial charge is 0.0799 e. The summed E-state index contributed by atoms with van der Waals surface area (Å²) in [6.45, 7) is 10.3. The Morgan fingerprint density at radius 3 is 2.10 bits per heavy atom. The van der Waals surface area contributed by atoms with Crippen LogP contribution in [0.25, 0.3) is 22.5 Å². The van der Waals surface area contributed by atoms with Crippen molar-refractivity contribution in [3.63, 3.8) is 0 Å². The normalized spacial score (nSPS) is 14.8. The molecule has 0 aliphatic carbocycles. The fourth-order valence-electron chi connectivity index (χ4n) is 4.42. The minimum absolute atomic E-state index is 0. The first-order valence-corrected chi connectivity index (χ1v) is 17.0. The molecule has 0 aliphatic rings. The largest absolute Gasteiger partial charge is 0.305 e. The third kappa shape index (κ3) is 8.66. The van der Waals surface area contributed by atoms with E-state index >= 15 is 0 Å². The molecule has 0 bridgehead atoms. The van der Waals surface area contributed by atoms with Gasteiger partial charge in [0, 0.05) is 45.2 Å². The predicted octanol–water partition coefficient (Wildman–Crippen LogP) is 9.22. The van der Waals surface area contributed by atoms with Crippen LogP contribution in [0.2, 0.25) is 19.6 Å². The predicted molar refractivity (Wildman–Crippen MR) is 173 cm³/mol. The zero-order valence-electron chi connectivity index (χ0n) is 29.5. The first-order chi connectivity index (χ1) is 21.0. The second-order valence-electron chi connectivity index (χ2n) is 11.1. The van der Waals surface area contributed by atoms with Gasteiger partial charge in [-0.1, -0.05) is 95.3 Å². The van der Waals surface area contributed by atoms with E-state index in [9.17, 15) is 0 Å². The van der Waals surface area contributed by atoms with Crippen LogP contribution < -0.4 is 5.19 Å². The number of benzene rings is 3. The molecular weight excluding hydrogens is 693 g/mol. The van der Waals surface area contributed by atoms with E-state index in [0.29, 0.717) is 0 Å². The maximum Gasteiger partial charge on any atom is 0.0799 e. The molecule has 41 heavy (non-hydrogen) atoms. The fourth-order valence-corrected chi connectivity index (χ4v) is 6.00. The van der Waals surface area contributed by atoms with Gasteiger partial charge >= 0.3 is 0 Å². The second kappa shape index (κ2) is 14.6. The van der Waals surface area contributed by atoms with Gasteiger partial charge < -0.3 is 9.97 Å². The molecule has 0 N–H and O–H groups in total. The monoisotopic (exact) mass is 738 g/mol. The van der Waals surface area contributed by atoms with Gasteiger partial charge in [-0.05, 0) is 39.7 Å². The van der Waals surface area contributed by atoms with Crippen molar-refractivity contribution in [1.29, 1.82) is 0 Å². The number of hydrogen-bond donors (Lipinski definition) is 0. The van der Waals surface area contributed by atoms with Crippen molar-refractivity contribution in [3.8, 4) is 22.5 Å². The van der Waals surface area contributed by atoms with Crippen LogP contribution in [0.5, 0.6) is 0 Å². The Morgan fingerprint density at radius 1 is 0.780 bits per heavy atom. The quantitative estimate of drug-likeness (QED) is 0.128. The molecule has 2 heterocycles. The van der Waals surface area contributed by atoms with E-state index in [1.165, 1.54) is 11.3 Å². The summed E-state index contributed by atoms with van der Waals surface area (Å²) in [5, 5.41) is 1.19. The number of aromatic nitrogens is 2. The zero-order chi connectivity index (χ0) is 33.0. The van der Waals surface area contributed by atoms with Crippen molar-refractivity contribution >= 4 is 13.3 Å². The molecule has 1 unspecified atom stereocenters. The van der Waals surface area contributed by atoms with Gasteiger partial charge in [0.25, 0.3) is 0 Å². The second-order valence-corrected chi connectivity index (χ2v) is 16.1. The molecule has 0 fully saturated rings. The Hall–Kier alpha value is -3.17. The first-order valence-electron chi connectivity index (χ1n) is 16.0. The molecule has 213 valence electrons. The van der Waals surface area contributed by atoms with E-state index < -0.39 is 26.7 Å². The molecule has 0 saturated heterocycles. The van der Waals surface area contributed by atoms with Crippen molar-refractivity contribution in [1.82, 2.24) is 9.97 Å². The van der Waals surface area contributed by atoms with Crippen LogP contribution in [0.15, 0.2) is 103 Å². The van der Waals surface area contributed by atoms with E-state index in [1.807, 2.05) is 99.8 Å². The Balaban J connectivity index is 0.000000247. The van der Waals surface area contributed by atoms with Gasteiger partial charge in [-0.3, -0.25) is 0 Å². The summed E-state index contributed by atoms with van der Waals surface area (Å²) >= 11 is 0. The van der Waals surface area contributed by atoms with Gasteiger partial charge in [0.2, 0.25) is 0 Å². The summed E-state index contributed by atoms with van der Waals surface area (Å²) in [5.74, 6) is -1.51. The van der Waals surface area contributed by atoms with Crippen molar-refractivity contribution < 1.29 is 27.0 Å². The molecule has 2 nitrogen and oxygen atoms in total. The van der Waals surface area contributed by atoms with Gasteiger partial charge in [0.05, 0.1) is 8.07 Å². The number of pyridine rings is 2. The SMILES string of the molecule is [2H]C(C)(c1ccccc1)c1ccnc(-c2[c-]cccc2)c1.[2H]C([2H])([2H])c1c[c-]c(-c2cc(C([2H])(C)C)c([Si](C)(C)C)cn2)cc1.[Ir]. The van der Waals surface area contributed by atoms with Crippen LogP contribution in [0.1, 0.15) is 61.7 Å². The number of rotatable bonds is 6. The Labute approximate surface area is 268 Å². The van der Waals surface area contributed by atoms with Crippen molar-refractivity contribution in [2.24, 2.45) is 0 Å². The van der Waals surface area contributed by atoms with E-state index in [1.54, 1.807) is 18.3 Å². The maximum absolute atomic E-state index is 8.73. The van der Waals surface area contributed by atoms with E-state index in [2.05, 4.69) is 41.7 Å². The van der Waals surface area contributed by atoms with Gasteiger partial charge in [-0.25, -0.2) is 0 Å². The molecule has 4 heteroatoms. The van der Waals surface area contributed by atoms with Crippen LogP contribution in [0.3, 0.4) is 0 Å². The molecule has 1 radical (unpaired) electrons. The topological polar surface area (TPSA) is 25.8 Å². The molecule has 2 aromatic heterocycles. The van der Waals surface area contributed by atoms with E-state index in [0.717, 1.165) is 39.2 Å². The molecule has 5 aromatic rings. The minimum Gasteiger partial charge on any atom is -0.305 e. The van der Waals surface area contributed by atoms with Gasteiger partial charge in [0.1, 0.15) is 0 Å². The molecule has 0 amide bonds. The maximum atomic E-state index is 8.73. The van der Waals surface area contributed by atoms with E-state index in [-0.39, 0.29) is 25.7 Å². The van der Waals surface area contributed by atoms with Gasteiger partial charge in [-0.2, -0.15) is 0 Å². The zero-order valence-corrected chi connectivity index (χ0v) is 27.9. The molecule has 0 saturated carbocycles. The fraction of sp³-hybridized carbons (Fsp3) is 0.243. The molecule has 0 spiro atoms. The summed E-state index contributed by atoms with van der Waals surface area (Å²) < 4.78 is 39.5. The molecular formula is C37H40IrN2Si-2. The third-order valence-corrected chi connectivity index (χ3v) is 8.74.